The molecule has 118 valence electrons. The van der Waals surface area contributed by atoms with E-state index in [1.807, 2.05) is 18.2 Å². The highest BCUT2D eigenvalue weighted by atomic mass is 79.9. The summed E-state index contributed by atoms with van der Waals surface area (Å²) >= 11 is 15.6. The number of nitrogens with one attached hydrogen (secondary N) is 1. The van der Waals surface area contributed by atoms with Crippen LogP contribution in [0.2, 0.25) is 10.0 Å². The Morgan fingerprint density at radius 2 is 1.96 bits per heavy atom. The van der Waals surface area contributed by atoms with Crippen molar-refractivity contribution in [1.29, 1.82) is 0 Å². The molecule has 3 atom stereocenters. The first-order valence-corrected chi connectivity index (χ1v) is 8.96. The Hall–Kier alpha value is -1.03. The average molecular weight is 413 g/mol. The largest absolute Gasteiger partial charge is 0.375 e. The van der Waals surface area contributed by atoms with Crippen LogP contribution in [-0.2, 0) is 0 Å². The smallest absolute Gasteiger partial charge is 0.147 e. The third-order valence-corrected chi connectivity index (χ3v) is 5.89. The van der Waals surface area contributed by atoms with Crippen LogP contribution in [0.25, 0.3) is 0 Å². The van der Waals surface area contributed by atoms with Crippen molar-refractivity contribution in [3.05, 3.63) is 73.9 Å². The average Bonchev–Trinajstić information content (AvgIpc) is 2.99. The lowest BCUT2D eigenvalue weighted by molar-refractivity contribution is 0.420. The number of anilines is 1. The zero-order valence-corrected chi connectivity index (χ0v) is 15.1. The third-order valence-electron chi connectivity index (χ3n) is 4.69. The van der Waals surface area contributed by atoms with Crippen LogP contribution in [0.1, 0.15) is 29.5 Å². The van der Waals surface area contributed by atoms with Crippen LogP contribution < -0.4 is 5.32 Å². The number of hydrogen-bond donors (Lipinski definition) is 1. The van der Waals surface area contributed by atoms with Gasteiger partial charge in [-0.05, 0) is 47.7 Å². The molecule has 0 fully saturated rings. The van der Waals surface area contributed by atoms with E-state index in [1.54, 1.807) is 6.07 Å². The molecule has 2 aromatic carbocycles. The summed E-state index contributed by atoms with van der Waals surface area (Å²) in [5, 5.41) is 4.44. The standard InChI is InChI=1S/C18H13BrCl2FN/c19-10-7-13-11-2-1-3-12(11)17(23-18(13)16(22)8-10)9-4-5-14(20)15(21)6-9/h1-2,4-8,11-12,17,23H,3H2/t11-,12+,17+/m0/s1. The summed E-state index contributed by atoms with van der Waals surface area (Å²) in [4.78, 5) is 0. The maximum atomic E-state index is 14.5. The van der Waals surface area contributed by atoms with Gasteiger partial charge in [-0.2, -0.15) is 0 Å². The molecule has 1 aliphatic heterocycles. The molecule has 23 heavy (non-hydrogen) atoms. The molecule has 0 spiro atoms. The summed E-state index contributed by atoms with van der Waals surface area (Å²) in [6.45, 7) is 0. The topological polar surface area (TPSA) is 12.0 Å². The van der Waals surface area contributed by atoms with Gasteiger partial charge in [0.15, 0.2) is 0 Å². The second-order valence-corrected chi connectivity index (χ2v) is 7.73. The Balaban J connectivity index is 1.82. The molecule has 0 unspecified atom stereocenters. The highest BCUT2D eigenvalue weighted by Gasteiger charge is 2.39. The first-order chi connectivity index (χ1) is 11.0. The predicted molar refractivity (Wildman–Crippen MR) is 96.9 cm³/mol. The highest BCUT2D eigenvalue weighted by Crippen LogP contribution is 2.51. The normalized spacial score (nSPS) is 25.0. The third kappa shape index (κ3) is 2.59. The van der Waals surface area contributed by atoms with Gasteiger partial charge in [0.05, 0.1) is 21.8 Å². The Labute approximate surface area is 152 Å². The summed E-state index contributed by atoms with van der Waals surface area (Å²) in [5.74, 6) is 0.310. The van der Waals surface area contributed by atoms with Crippen LogP contribution in [-0.4, -0.2) is 0 Å². The molecule has 1 aliphatic carbocycles. The van der Waals surface area contributed by atoms with Crippen molar-refractivity contribution < 1.29 is 4.39 Å². The molecule has 0 aromatic heterocycles. The summed E-state index contributed by atoms with van der Waals surface area (Å²) in [5.41, 5.74) is 2.62. The second kappa shape index (κ2) is 5.80. The van der Waals surface area contributed by atoms with E-state index in [0.717, 1.165) is 22.0 Å². The predicted octanol–water partition coefficient (Wildman–Crippen LogP) is 6.72. The first kappa shape index (κ1) is 15.5. The van der Waals surface area contributed by atoms with Crippen LogP contribution in [0.4, 0.5) is 10.1 Å². The lowest BCUT2D eigenvalue weighted by Crippen LogP contribution is -2.29. The first-order valence-electron chi connectivity index (χ1n) is 7.41. The van der Waals surface area contributed by atoms with E-state index < -0.39 is 0 Å². The maximum absolute atomic E-state index is 14.5. The molecular formula is C18H13BrCl2FN. The van der Waals surface area contributed by atoms with Crippen molar-refractivity contribution in [3.63, 3.8) is 0 Å². The number of rotatable bonds is 1. The molecular weight excluding hydrogens is 400 g/mol. The zero-order valence-electron chi connectivity index (χ0n) is 12.0. The van der Waals surface area contributed by atoms with E-state index in [0.29, 0.717) is 21.7 Å². The minimum Gasteiger partial charge on any atom is -0.375 e. The monoisotopic (exact) mass is 411 g/mol. The maximum Gasteiger partial charge on any atom is 0.147 e. The van der Waals surface area contributed by atoms with Crippen LogP contribution in [0.5, 0.6) is 0 Å². The van der Waals surface area contributed by atoms with Gasteiger partial charge in [0.2, 0.25) is 0 Å². The molecule has 1 N–H and O–H groups in total. The SMILES string of the molecule is Fc1cc(Br)cc2c1N[C@H](c1ccc(Cl)c(Cl)c1)[C@@H]1CC=C[C@H]21. The molecule has 4 rings (SSSR count). The fourth-order valence-electron chi connectivity index (χ4n) is 3.66. The summed E-state index contributed by atoms with van der Waals surface area (Å²) in [6, 6.07) is 9.14. The lowest BCUT2D eigenvalue weighted by Gasteiger charge is -2.37. The molecule has 0 saturated heterocycles. The lowest BCUT2D eigenvalue weighted by atomic mass is 9.77. The fourth-order valence-corrected chi connectivity index (χ4v) is 4.41. The van der Waals surface area contributed by atoms with E-state index in [1.165, 1.54) is 6.07 Å². The van der Waals surface area contributed by atoms with Gasteiger partial charge in [-0.15, -0.1) is 0 Å². The summed E-state index contributed by atoms with van der Waals surface area (Å²) in [6.07, 6.45) is 5.31. The van der Waals surface area contributed by atoms with Crippen LogP contribution >= 0.6 is 39.1 Å². The summed E-state index contributed by atoms with van der Waals surface area (Å²) in [7, 11) is 0. The van der Waals surface area contributed by atoms with Crippen LogP contribution in [0, 0.1) is 11.7 Å². The number of halogens is 4. The van der Waals surface area contributed by atoms with E-state index in [4.69, 9.17) is 23.2 Å². The number of benzene rings is 2. The van der Waals surface area contributed by atoms with E-state index >= 15 is 0 Å². The van der Waals surface area contributed by atoms with Gasteiger partial charge in [0.25, 0.3) is 0 Å². The molecule has 0 amide bonds. The molecule has 1 nitrogen and oxygen atoms in total. The quantitative estimate of drug-likeness (QED) is 0.512. The number of fused-ring (bicyclic) bond motifs is 3. The van der Waals surface area contributed by atoms with E-state index in [2.05, 4.69) is 33.4 Å². The molecule has 1 heterocycles. The Morgan fingerprint density at radius 3 is 2.74 bits per heavy atom. The molecule has 2 aromatic rings. The van der Waals surface area contributed by atoms with Gasteiger partial charge < -0.3 is 5.32 Å². The second-order valence-electron chi connectivity index (χ2n) is 6.00. The molecule has 5 heteroatoms. The van der Waals surface area contributed by atoms with Gasteiger partial charge in [-0.25, -0.2) is 4.39 Å². The number of allylic oxidation sites excluding steroid dienone is 2. The molecule has 0 radical (unpaired) electrons. The van der Waals surface area contributed by atoms with Gasteiger partial charge in [0.1, 0.15) is 5.82 Å². The Morgan fingerprint density at radius 1 is 1.13 bits per heavy atom. The van der Waals surface area contributed by atoms with Gasteiger partial charge in [-0.1, -0.05) is 57.4 Å². The van der Waals surface area contributed by atoms with Crippen molar-refractivity contribution in [1.82, 2.24) is 0 Å². The fraction of sp³-hybridized carbons (Fsp3) is 0.222. The van der Waals surface area contributed by atoms with E-state index in [9.17, 15) is 4.39 Å². The van der Waals surface area contributed by atoms with Crippen molar-refractivity contribution in [2.45, 2.75) is 18.4 Å². The van der Waals surface area contributed by atoms with Crippen LogP contribution in [0.15, 0.2) is 47.0 Å². The van der Waals surface area contributed by atoms with Gasteiger partial charge in [0, 0.05) is 10.4 Å². The van der Waals surface area contributed by atoms with Crippen molar-refractivity contribution in [3.8, 4) is 0 Å². The number of hydrogen-bond acceptors (Lipinski definition) is 1. The van der Waals surface area contributed by atoms with Gasteiger partial charge >= 0.3 is 0 Å². The highest BCUT2D eigenvalue weighted by molar-refractivity contribution is 9.10. The van der Waals surface area contributed by atoms with Crippen molar-refractivity contribution in [2.24, 2.45) is 5.92 Å². The van der Waals surface area contributed by atoms with E-state index in [-0.39, 0.29) is 17.8 Å². The molecule has 2 aliphatic rings. The zero-order chi connectivity index (χ0) is 16.1. The van der Waals surface area contributed by atoms with Crippen molar-refractivity contribution >= 4 is 44.8 Å². The minimum absolute atomic E-state index is 0.00735. The van der Waals surface area contributed by atoms with Crippen LogP contribution in [0.3, 0.4) is 0 Å². The summed E-state index contributed by atoms with van der Waals surface area (Å²) < 4.78 is 15.2. The Kier molecular flexibility index (Phi) is 3.91. The van der Waals surface area contributed by atoms with Crippen molar-refractivity contribution in [2.75, 3.05) is 5.32 Å². The molecule has 0 bridgehead atoms. The minimum atomic E-state index is -0.238. The van der Waals surface area contributed by atoms with Gasteiger partial charge in [-0.3, -0.25) is 0 Å². The Bertz CT molecular complexity index is 821. The molecule has 0 saturated carbocycles.